The van der Waals surface area contributed by atoms with Crippen molar-refractivity contribution in [2.75, 3.05) is 6.54 Å². The molecule has 0 radical (unpaired) electrons. The number of aryl methyl sites for hydroxylation is 1. The predicted molar refractivity (Wildman–Crippen MR) is 69.0 cm³/mol. The number of alkyl halides is 7. The van der Waals surface area contributed by atoms with E-state index in [1.165, 1.54) is 18.2 Å². The molecule has 1 atom stereocenters. The van der Waals surface area contributed by atoms with Crippen LogP contribution in [0.4, 0.5) is 30.7 Å². The van der Waals surface area contributed by atoms with E-state index >= 15 is 0 Å². The molecule has 1 aliphatic heterocycles. The largest absolute Gasteiger partial charge is 0.459 e. The van der Waals surface area contributed by atoms with Crippen LogP contribution in [-0.2, 0) is 0 Å². The summed E-state index contributed by atoms with van der Waals surface area (Å²) < 4.78 is 88.5. The fraction of sp³-hybridized carbons (Fsp3) is 0.538. The highest BCUT2D eigenvalue weighted by Crippen LogP contribution is 2.52. The molecule has 24 heavy (non-hydrogen) atoms. The van der Waals surface area contributed by atoms with E-state index in [1.54, 1.807) is 6.92 Å². The Morgan fingerprint density at radius 3 is 2.25 bits per heavy atom. The van der Waals surface area contributed by atoms with Gasteiger partial charge in [0.2, 0.25) is 0 Å². The van der Waals surface area contributed by atoms with Gasteiger partial charge in [-0.05, 0) is 18.6 Å². The van der Waals surface area contributed by atoms with Crippen LogP contribution in [0, 0.1) is 6.92 Å². The number of rotatable bonds is 3. The van der Waals surface area contributed by atoms with Gasteiger partial charge < -0.3 is 0 Å². The van der Waals surface area contributed by atoms with E-state index in [-0.39, 0.29) is 10.5 Å². The average molecular weight is 380 g/mol. The molecule has 1 heterocycles. The van der Waals surface area contributed by atoms with E-state index in [4.69, 9.17) is 0 Å². The zero-order valence-corrected chi connectivity index (χ0v) is 12.9. The predicted octanol–water partition coefficient (Wildman–Crippen LogP) is 4.92. The minimum Gasteiger partial charge on any atom is -0.199 e. The topological polar surface area (TPSA) is 40.5 Å². The summed E-state index contributed by atoms with van der Waals surface area (Å²) >= 11 is 0.460. The molecule has 0 fully saturated rings. The Morgan fingerprint density at radius 2 is 1.71 bits per heavy atom. The van der Waals surface area contributed by atoms with Gasteiger partial charge in [-0.3, -0.25) is 0 Å². The summed E-state index contributed by atoms with van der Waals surface area (Å²) in [6, 6.07) is 4.24. The quantitative estimate of drug-likeness (QED) is 0.444. The molecule has 0 aromatic heterocycles. The summed E-state index contributed by atoms with van der Waals surface area (Å²) in [6.07, 6.45) is -8.29. The standard InChI is InChI=1S/C13H13F7NO2S/c1-7-2-3-10-9(4-7)8(6-21(22,23)24-10)5-11(14,15)12(16,17)13(18,19)20/h2-4,8,22-23H,5-6H2,1H3/q+1. The van der Waals surface area contributed by atoms with Gasteiger partial charge in [-0.2, -0.15) is 41.1 Å². The molecule has 2 N–H and O–H groups in total. The number of hydroxylamine groups is 2. The van der Waals surface area contributed by atoms with E-state index in [9.17, 15) is 41.1 Å². The lowest BCUT2D eigenvalue weighted by atomic mass is 9.89. The van der Waals surface area contributed by atoms with Crippen LogP contribution in [0.1, 0.15) is 23.5 Å². The molecule has 0 amide bonds. The zero-order chi connectivity index (χ0) is 18.6. The highest BCUT2D eigenvalue weighted by atomic mass is 32.2. The first-order valence-corrected chi connectivity index (χ1v) is 7.40. The van der Waals surface area contributed by atoms with Gasteiger partial charge in [0.25, 0.3) is 0 Å². The van der Waals surface area contributed by atoms with Crippen molar-refractivity contribution in [3.05, 3.63) is 29.3 Å². The normalized spacial score (nSPS) is 21.5. The lowest BCUT2D eigenvalue weighted by Gasteiger charge is -2.35. The Balaban J connectivity index is 2.40. The van der Waals surface area contributed by atoms with Crippen molar-refractivity contribution in [2.24, 2.45) is 0 Å². The Hall–Kier alpha value is -1.04. The number of fused-ring (bicyclic) bond motifs is 1. The molecular formula is C13H13F7NO2S+. The van der Waals surface area contributed by atoms with Crippen LogP contribution in [0.3, 0.4) is 0 Å². The highest BCUT2D eigenvalue weighted by Gasteiger charge is 2.73. The van der Waals surface area contributed by atoms with Crippen molar-refractivity contribution in [3.63, 3.8) is 0 Å². The maximum Gasteiger partial charge on any atom is 0.459 e. The Labute approximate surface area is 136 Å². The number of hydrogen-bond donors (Lipinski definition) is 2. The number of nitrogens with zero attached hydrogens (tertiary/aromatic N) is 1. The van der Waals surface area contributed by atoms with E-state index in [1.807, 2.05) is 0 Å². The molecular weight excluding hydrogens is 367 g/mol. The molecule has 1 aromatic carbocycles. The van der Waals surface area contributed by atoms with Gasteiger partial charge in [0, 0.05) is 16.6 Å². The fourth-order valence-electron chi connectivity index (χ4n) is 2.47. The van der Waals surface area contributed by atoms with Crippen molar-refractivity contribution < 1.29 is 45.4 Å². The molecule has 0 bridgehead atoms. The van der Waals surface area contributed by atoms with Crippen molar-refractivity contribution in [3.8, 4) is 0 Å². The van der Waals surface area contributed by atoms with Crippen molar-refractivity contribution in [2.45, 2.75) is 42.2 Å². The second kappa shape index (κ2) is 5.75. The number of hydrogen-bond acceptors (Lipinski definition) is 3. The van der Waals surface area contributed by atoms with Gasteiger partial charge in [-0.15, -0.1) is 0 Å². The molecule has 0 aliphatic carbocycles. The fourth-order valence-corrected chi connectivity index (χ4v) is 3.50. The van der Waals surface area contributed by atoms with Crippen molar-refractivity contribution >= 4 is 11.9 Å². The van der Waals surface area contributed by atoms with Gasteiger partial charge in [0.05, 0.1) is 4.90 Å². The molecule has 1 aromatic rings. The Morgan fingerprint density at radius 1 is 1.12 bits per heavy atom. The minimum atomic E-state index is -6.42. The van der Waals surface area contributed by atoms with Crippen molar-refractivity contribution in [1.82, 2.24) is 0 Å². The summed E-state index contributed by atoms with van der Waals surface area (Å²) in [7, 11) is 0. The molecule has 0 saturated heterocycles. The smallest absolute Gasteiger partial charge is 0.199 e. The Bertz CT molecular complexity index is 633. The van der Waals surface area contributed by atoms with Gasteiger partial charge in [-0.1, -0.05) is 17.7 Å². The third-order valence-corrected chi connectivity index (χ3v) is 4.64. The number of halogens is 7. The molecule has 0 spiro atoms. The van der Waals surface area contributed by atoms with Gasteiger partial charge in [-0.25, -0.2) is 0 Å². The summed E-state index contributed by atoms with van der Waals surface area (Å²) in [5.74, 6) is -13.2. The van der Waals surface area contributed by atoms with E-state index in [0.717, 1.165) is 0 Å². The SMILES string of the molecule is Cc1ccc2c(c1)C(CC(F)(F)C(F)(F)C(F)(F)F)C[N+](O)(O)S2. The summed E-state index contributed by atoms with van der Waals surface area (Å²) in [6.45, 7) is 0.726. The maximum atomic E-state index is 13.7. The molecule has 3 nitrogen and oxygen atoms in total. The van der Waals surface area contributed by atoms with Crippen LogP contribution >= 0.6 is 11.9 Å². The zero-order valence-electron chi connectivity index (χ0n) is 12.1. The van der Waals surface area contributed by atoms with Crippen LogP contribution in [-0.4, -0.2) is 39.2 Å². The lowest BCUT2D eigenvalue weighted by molar-refractivity contribution is -1.15. The summed E-state index contributed by atoms with van der Waals surface area (Å²) in [4.78, 5) is 0.118. The molecule has 136 valence electrons. The maximum absolute atomic E-state index is 13.7. The third-order valence-electron chi connectivity index (χ3n) is 3.63. The highest BCUT2D eigenvalue weighted by molar-refractivity contribution is 7.93. The van der Waals surface area contributed by atoms with E-state index < -0.39 is 41.1 Å². The second-order valence-corrected chi connectivity index (χ2v) is 6.86. The van der Waals surface area contributed by atoms with Gasteiger partial charge in [0.1, 0.15) is 0 Å². The number of benzene rings is 1. The summed E-state index contributed by atoms with van der Waals surface area (Å²) in [5, 5.41) is 19.2. The van der Waals surface area contributed by atoms with E-state index in [0.29, 0.717) is 17.5 Å². The van der Waals surface area contributed by atoms with Crippen LogP contribution in [0.15, 0.2) is 23.1 Å². The van der Waals surface area contributed by atoms with E-state index in [2.05, 4.69) is 0 Å². The monoisotopic (exact) mass is 380 g/mol. The van der Waals surface area contributed by atoms with Crippen molar-refractivity contribution in [1.29, 1.82) is 0 Å². The van der Waals surface area contributed by atoms with Gasteiger partial charge in [0.15, 0.2) is 18.5 Å². The number of quaternary nitrogens is 1. The average Bonchev–Trinajstić information content (AvgIpc) is 2.36. The molecule has 1 aliphatic rings. The minimum absolute atomic E-state index is 0.0782. The molecule has 1 unspecified atom stereocenters. The molecule has 2 rings (SSSR count). The molecule has 0 saturated carbocycles. The van der Waals surface area contributed by atoms with Gasteiger partial charge >= 0.3 is 18.0 Å². The van der Waals surface area contributed by atoms with Crippen LogP contribution in [0.5, 0.6) is 0 Å². The molecule has 11 heteroatoms. The summed E-state index contributed by atoms with van der Waals surface area (Å²) in [5.41, 5.74) is 0.649. The first kappa shape index (κ1) is 19.3. The second-order valence-electron chi connectivity index (χ2n) is 5.66. The Kier molecular flexibility index (Phi) is 4.62. The first-order valence-electron chi connectivity index (χ1n) is 6.62. The van der Waals surface area contributed by atoms with Crippen LogP contribution in [0.2, 0.25) is 0 Å². The third kappa shape index (κ3) is 3.48. The lowest BCUT2D eigenvalue weighted by Crippen LogP contribution is -2.53. The van der Waals surface area contributed by atoms with Crippen LogP contribution in [0.25, 0.3) is 0 Å². The first-order chi connectivity index (χ1) is 10.7. The van der Waals surface area contributed by atoms with Crippen LogP contribution < -0.4 is 0 Å².